The number of hydrogen-bond acceptors (Lipinski definition) is 8. The fourth-order valence-corrected chi connectivity index (χ4v) is 7.26. The first-order chi connectivity index (χ1) is 23.2. The molecular formula is C39H66O8. The molecule has 3 saturated heterocycles. The molecule has 0 aromatic heterocycles. The molecule has 3 aliphatic heterocycles. The number of ether oxygens (including phenoxy) is 7. The second-order valence-electron chi connectivity index (χ2n) is 13.9. The van der Waals surface area contributed by atoms with Crippen LogP contribution in [-0.2, 0) is 38.0 Å². The van der Waals surface area contributed by atoms with E-state index in [1.165, 1.54) is 12.8 Å². The van der Waals surface area contributed by atoms with Gasteiger partial charge in [0.2, 0.25) is 0 Å². The van der Waals surface area contributed by atoms with Crippen LogP contribution in [-0.4, -0.2) is 69.6 Å². The smallest absolute Gasteiger partial charge is 0.305 e. The third-order valence-corrected chi connectivity index (χ3v) is 9.96. The molecule has 4 fully saturated rings. The van der Waals surface area contributed by atoms with Crippen molar-refractivity contribution in [1.29, 1.82) is 0 Å². The fourth-order valence-electron chi connectivity index (χ4n) is 7.26. The van der Waals surface area contributed by atoms with E-state index in [-0.39, 0.29) is 55.0 Å². The topological polar surface area (TPSA) is 81.7 Å². The highest BCUT2D eigenvalue weighted by Gasteiger charge is 2.45. The molecule has 0 aromatic rings. The van der Waals surface area contributed by atoms with Crippen molar-refractivity contribution < 1.29 is 38.0 Å². The zero-order chi connectivity index (χ0) is 32.9. The van der Waals surface area contributed by atoms with Crippen LogP contribution in [0.4, 0.5) is 0 Å². The lowest BCUT2D eigenvalue weighted by atomic mass is 9.89. The second-order valence-corrected chi connectivity index (χ2v) is 13.9. The zero-order valence-corrected chi connectivity index (χ0v) is 29.7. The van der Waals surface area contributed by atoms with Gasteiger partial charge in [-0.2, -0.15) is 0 Å². The van der Waals surface area contributed by atoms with Crippen LogP contribution in [0.1, 0.15) is 142 Å². The molecule has 0 radical (unpaired) electrons. The van der Waals surface area contributed by atoms with Crippen LogP contribution in [0.15, 0.2) is 24.3 Å². The van der Waals surface area contributed by atoms with Crippen LogP contribution in [0.5, 0.6) is 0 Å². The zero-order valence-electron chi connectivity index (χ0n) is 29.7. The Kier molecular flexibility index (Phi) is 19.0. The van der Waals surface area contributed by atoms with Gasteiger partial charge >= 0.3 is 5.97 Å². The first kappa shape index (κ1) is 38.5. The van der Waals surface area contributed by atoms with Crippen molar-refractivity contribution in [3.8, 4) is 0 Å². The molecule has 0 spiro atoms. The third kappa shape index (κ3) is 14.6. The van der Waals surface area contributed by atoms with Gasteiger partial charge in [0, 0.05) is 38.6 Å². The molecule has 8 atom stereocenters. The molecule has 3 unspecified atom stereocenters. The molecule has 0 bridgehead atoms. The highest BCUT2D eigenvalue weighted by atomic mass is 16.7. The summed E-state index contributed by atoms with van der Waals surface area (Å²) in [7, 11) is 0. The van der Waals surface area contributed by atoms with Crippen LogP contribution in [0.2, 0.25) is 0 Å². The van der Waals surface area contributed by atoms with Crippen LogP contribution < -0.4 is 0 Å². The number of unbranched alkanes of at least 4 members (excludes halogenated alkanes) is 4. The van der Waals surface area contributed by atoms with Crippen molar-refractivity contribution in [2.24, 2.45) is 11.8 Å². The van der Waals surface area contributed by atoms with Gasteiger partial charge in [0.1, 0.15) is 0 Å². The maximum absolute atomic E-state index is 11.6. The van der Waals surface area contributed by atoms with E-state index in [1.54, 1.807) is 0 Å². The maximum atomic E-state index is 11.6. The molecule has 4 aliphatic rings. The first-order valence-corrected chi connectivity index (χ1v) is 19.5. The summed E-state index contributed by atoms with van der Waals surface area (Å²) in [6, 6.07) is 0. The van der Waals surface area contributed by atoms with Crippen LogP contribution in [0, 0.1) is 11.8 Å². The van der Waals surface area contributed by atoms with Gasteiger partial charge in [0.05, 0.1) is 24.9 Å². The van der Waals surface area contributed by atoms with E-state index in [0.717, 1.165) is 129 Å². The molecule has 1 aliphatic carbocycles. The average Bonchev–Trinajstić information content (AvgIpc) is 3.40. The molecule has 0 N–H and O–H groups in total. The summed E-state index contributed by atoms with van der Waals surface area (Å²) < 4.78 is 43.6. The third-order valence-electron chi connectivity index (χ3n) is 9.96. The lowest BCUT2D eigenvalue weighted by Gasteiger charge is -2.30. The van der Waals surface area contributed by atoms with E-state index in [9.17, 15) is 4.79 Å². The molecule has 270 valence electrons. The number of esters is 1. The van der Waals surface area contributed by atoms with Gasteiger partial charge in [-0.05, 0) is 102 Å². The fraction of sp³-hybridized carbons (Fsp3) is 0.872. The van der Waals surface area contributed by atoms with Gasteiger partial charge in [-0.15, -0.1) is 0 Å². The minimum atomic E-state index is -0.149. The maximum Gasteiger partial charge on any atom is 0.305 e. The number of rotatable bonds is 21. The largest absolute Gasteiger partial charge is 0.466 e. The van der Waals surface area contributed by atoms with Crippen molar-refractivity contribution >= 4 is 5.97 Å². The minimum Gasteiger partial charge on any atom is -0.466 e. The SMILES string of the molecule is CCCCC[C@@H](/C=C/[C@@H]1[C@@H](C/C=C\CCCCOC(=O)CCC)[C@@H](OC2CCCCO2)C[C@H]1OC1CCCCO1)OC1CCCCO1. The summed E-state index contributed by atoms with van der Waals surface area (Å²) in [5.41, 5.74) is 0. The van der Waals surface area contributed by atoms with Gasteiger partial charge in [-0.3, -0.25) is 4.79 Å². The van der Waals surface area contributed by atoms with Gasteiger partial charge < -0.3 is 33.2 Å². The summed E-state index contributed by atoms with van der Waals surface area (Å²) in [6.45, 7) is 7.09. The van der Waals surface area contributed by atoms with E-state index in [2.05, 4.69) is 31.2 Å². The minimum absolute atomic E-state index is 0.0152. The highest BCUT2D eigenvalue weighted by molar-refractivity contribution is 5.69. The molecule has 47 heavy (non-hydrogen) atoms. The number of allylic oxidation sites excluding steroid dienone is 2. The predicted octanol–water partition coefficient (Wildman–Crippen LogP) is 8.95. The normalized spacial score (nSPS) is 31.1. The number of carbonyl (C=O) groups excluding carboxylic acids is 1. The predicted molar refractivity (Wildman–Crippen MR) is 184 cm³/mol. The molecule has 4 rings (SSSR count). The monoisotopic (exact) mass is 662 g/mol. The Hall–Kier alpha value is -1.29. The average molecular weight is 663 g/mol. The lowest BCUT2D eigenvalue weighted by molar-refractivity contribution is -0.203. The van der Waals surface area contributed by atoms with E-state index in [1.807, 2.05) is 6.92 Å². The Morgan fingerprint density at radius 3 is 2.09 bits per heavy atom. The molecule has 0 aromatic carbocycles. The van der Waals surface area contributed by atoms with Gasteiger partial charge in [-0.1, -0.05) is 57.4 Å². The Morgan fingerprint density at radius 1 is 0.766 bits per heavy atom. The van der Waals surface area contributed by atoms with Crippen molar-refractivity contribution in [2.75, 3.05) is 26.4 Å². The standard InChI is InChI=1S/C39H66O8/c1-3-5-9-19-31(45-37-21-11-15-27-42-37)24-25-33-32(20-10-7-6-8-14-26-41-36(40)18-4-2)34(46-38-22-12-16-28-43-38)30-35(33)47-39-23-13-17-29-44-39/h7,10,24-25,31-35,37-39H,3-6,8-9,11-23,26-30H2,1-2H3/b10-7-,25-24+/t31-,32+,33+,34-,35+,37?,38?,39?/m0/s1. The summed E-state index contributed by atoms with van der Waals surface area (Å²) in [5, 5.41) is 0. The van der Waals surface area contributed by atoms with Crippen molar-refractivity contribution in [3.63, 3.8) is 0 Å². The Balaban J connectivity index is 1.45. The number of carbonyl (C=O) groups is 1. The van der Waals surface area contributed by atoms with Crippen LogP contribution in [0.25, 0.3) is 0 Å². The van der Waals surface area contributed by atoms with Crippen molar-refractivity contribution in [1.82, 2.24) is 0 Å². The Labute approximate surface area is 285 Å². The quantitative estimate of drug-likeness (QED) is 0.0685. The van der Waals surface area contributed by atoms with E-state index in [0.29, 0.717) is 13.0 Å². The summed E-state index contributed by atoms with van der Waals surface area (Å²) >= 11 is 0. The van der Waals surface area contributed by atoms with Gasteiger partial charge in [0.25, 0.3) is 0 Å². The van der Waals surface area contributed by atoms with Gasteiger partial charge in [0.15, 0.2) is 18.9 Å². The summed E-state index contributed by atoms with van der Waals surface area (Å²) in [4.78, 5) is 11.6. The molecule has 0 amide bonds. The molecule has 8 heteroatoms. The Bertz CT molecular complexity index is 874. The van der Waals surface area contributed by atoms with Crippen molar-refractivity contribution in [3.05, 3.63) is 24.3 Å². The van der Waals surface area contributed by atoms with E-state index < -0.39 is 0 Å². The lowest BCUT2D eigenvalue weighted by Crippen LogP contribution is -2.31. The summed E-state index contributed by atoms with van der Waals surface area (Å²) in [6.07, 6.45) is 29.2. The first-order valence-electron chi connectivity index (χ1n) is 19.5. The van der Waals surface area contributed by atoms with Gasteiger partial charge in [-0.25, -0.2) is 0 Å². The molecular weight excluding hydrogens is 596 g/mol. The van der Waals surface area contributed by atoms with E-state index in [4.69, 9.17) is 33.2 Å². The van der Waals surface area contributed by atoms with Crippen LogP contribution >= 0.6 is 0 Å². The molecule has 1 saturated carbocycles. The van der Waals surface area contributed by atoms with Crippen molar-refractivity contribution in [2.45, 2.75) is 179 Å². The Morgan fingerprint density at radius 2 is 1.45 bits per heavy atom. The summed E-state index contributed by atoms with van der Waals surface area (Å²) in [5.74, 6) is 0.358. The molecule has 8 nitrogen and oxygen atoms in total. The van der Waals surface area contributed by atoms with Crippen LogP contribution in [0.3, 0.4) is 0 Å². The molecule has 3 heterocycles. The second kappa shape index (κ2) is 23.2. The number of hydrogen-bond donors (Lipinski definition) is 0. The highest BCUT2D eigenvalue weighted by Crippen LogP contribution is 2.42. The van der Waals surface area contributed by atoms with E-state index >= 15 is 0 Å².